The lowest BCUT2D eigenvalue weighted by molar-refractivity contribution is 0.100. The van der Waals surface area contributed by atoms with Gasteiger partial charge in [-0.15, -0.1) is 12.4 Å². The van der Waals surface area contributed by atoms with Gasteiger partial charge in [0.15, 0.2) is 0 Å². The Morgan fingerprint density at radius 1 is 1.38 bits per heavy atom. The predicted octanol–water partition coefficient (Wildman–Crippen LogP) is 1.19. The second-order valence-corrected chi connectivity index (χ2v) is 3.48. The molecule has 0 aliphatic heterocycles. The molecule has 1 aromatic heterocycles. The molecule has 1 aromatic carbocycles. The van der Waals surface area contributed by atoms with Gasteiger partial charge in [0.2, 0.25) is 5.91 Å². The van der Waals surface area contributed by atoms with Crippen molar-refractivity contribution < 1.29 is 4.79 Å². The number of amides is 1. The standard InChI is InChI=1S/C11H13N3O.ClH/c12-4-3-8-6-14-10-2-1-7(11(13)15)5-9(8)10;/h1-2,5-6,14H,3-4,12H2,(H2,13,15);1H. The van der Waals surface area contributed by atoms with Gasteiger partial charge in [-0.05, 0) is 36.7 Å². The zero-order chi connectivity index (χ0) is 10.8. The summed E-state index contributed by atoms with van der Waals surface area (Å²) in [6.45, 7) is 0.591. The number of carbonyl (C=O) groups is 1. The van der Waals surface area contributed by atoms with Crippen LogP contribution < -0.4 is 11.5 Å². The van der Waals surface area contributed by atoms with Crippen molar-refractivity contribution in [1.29, 1.82) is 0 Å². The first kappa shape index (κ1) is 12.5. The molecule has 86 valence electrons. The molecular formula is C11H14ClN3O. The highest BCUT2D eigenvalue weighted by molar-refractivity contribution is 5.97. The molecule has 4 nitrogen and oxygen atoms in total. The van der Waals surface area contributed by atoms with Crippen LogP contribution in [-0.4, -0.2) is 17.4 Å². The van der Waals surface area contributed by atoms with Crippen LogP contribution in [0.15, 0.2) is 24.4 Å². The SMILES string of the molecule is Cl.NCCc1c[nH]c2ccc(C(N)=O)cc12. The van der Waals surface area contributed by atoms with Crippen molar-refractivity contribution in [2.45, 2.75) is 6.42 Å². The van der Waals surface area contributed by atoms with Gasteiger partial charge in [0.1, 0.15) is 0 Å². The van der Waals surface area contributed by atoms with Crippen LogP contribution in [-0.2, 0) is 6.42 Å². The quantitative estimate of drug-likeness (QED) is 0.752. The van der Waals surface area contributed by atoms with Gasteiger partial charge in [-0.25, -0.2) is 0 Å². The molecule has 1 amide bonds. The van der Waals surface area contributed by atoms with Crippen LogP contribution in [0.1, 0.15) is 15.9 Å². The van der Waals surface area contributed by atoms with Gasteiger partial charge in [-0.2, -0.15) is 0 Å². The molecule has 0 saturated carbocycles. The highest BCUT2D eigenvalue weighted by Crippen LogP contribution is 2.19. The lowest BCUT2D eigenvalue weighted by atomic mass is 10.1. The zero-order valence-electron chi connectivity index (χ0n) is 8.69. The number of halogens is 1. The van der Waals surface area contributed by atoms with E-state index in [0.29, 0.717) is 12.1 Å². The Balaban J connectivity index is 0.00000128. The van der Waals surface area contributed by atoms with E-state index >= 15 is 0 Å². The molecule has 0 radical (unpaired) electrons. The Morgan fingerprint density at radius 2 is 2.12 bits per heavy atom. The number of H-pyrrole nitrogens is 1. The number of carbonyl (C=O) groups excluding carboxylic acids is 1. The molecule has 0 aliphatic carbocycles. The summed E-state index contributed by atoms with van der Waals surface area (Å²) in [5, 5.41) is 1.02. The Bertz CT molecular complexity index is 507. The van der Waals surface area contributed by atoms with E-state index in [2.05, 4.69) is 4.98 Å². The number of hydrogen-bond donors (Lipinski definition) is 3. The van der Waals surface area contributed by atoms with Gasteiger partial charge in [0.25, 0.3) is 0 Å². The van der Waals surface area contributed by atoms with Gasteiger partial charge in [-0.1, -0.05) is 0 Å². The lowest BCUT2D eigenvalue weighted by Crippen LogP contribution is -2.10. The summed E-state index contributed by atoms with van der Waals surface area (Å²) >= 11 is 0. The summed E-state index contributed by atoms with van der Waals surface area (Å²) in [4.78, 5) is 14.2. The Morgan fingerprint density at radius 3 is 2.75 bits per heavy atom. The first-order valence-electron chi connectivity index (χ1n) is 4.82. The van der Waals surface area contributed by atoms with Crippen molar-refractivity contribution in [3.63, 3.8) is 0 Å². The smallest absolute Gasteiger partial charge is 0.248 e. The van der Waals surface area contributed by atoms with Gasteiger partial charge in [0, 0.05) is 22.7 Å². The number of nitrogens with one attached hydrogen (secondary N) is 1. The van der Waals surface area contributed by atoms with E-state index in [0.717, 1.165) is 22.9 Å². The van der Waals surface area contributed by atoms with Crippen LogP contribution in [0.5, 0.6) is 0 Å². The number of primary amides is 1. The Labute approximate surface area is 99.4 Å². The fourth-order valence-electron chi connectivity index (χ4n) is 1.69. The molecule has 0 aliphatic rings. The average Bonchev–Trinajstić information content (AvgIpc) is 2.61. The molecule has 0 spiro atoms. The highest BCUT2D eigenvalue weighted by atomic mass is 35.5. The van der Waals surface area contributed by atoms with E-state index in [4.69, 9.17) is 11.5 Å². The van der Waals surface area contributed by atoms with Gasteiger partial charge >= 0.3 is 0 Å². The minimum atomic E-state index is -0.406. The molecule has 2 rings (SSSR count). The van der Waals surface area contributed by atoms with Crippen LogP contribution >= 0.6 is 12.4 Å². The van der Waals surface area contributed by atoms with Crippen molar-refractivity contribution >= 4 is 29.2 Å². The number of aromatic amines is 1. The predicted molar refractivity (Wildman–Crippen MR) is 66.8 cm³/mol. The fourth-order valence-corrected chi connectivity index (χ4v) is 1.69. The molecule has 2 aromatic rings. The van der Waals surface area contributed by atoms with Crippen LogP contribution in [0.25, 0.3) is 10.9 Å². The van der Waals surface area contributed by atoms with E-state index in [-0.39, 0.29) is 12.4 Å². The third kappa shape index (κ3) is 2.18. The topological polar surface area (TPSA) is 84.9 Å². The van der Waals surface area contributed by atoms with E-state index in [1.54, 1.807) is 12.1 Å². The maximum atomic E-state index is 11.0. The number of hydrogen-bond acceptors (Lipinski definition) is 2. The van der Waals surface area contributed by atoms with E-state index in [1.807, 2.05) is 12.3 Å². The van der Waals surface area contributed by atoms with Crippen LogP contribution in [0.3, 0.4) is 0 Å². The minimum absolute atomic E-state index is 0. The van der Waals surface area contributed by atoms with Crippen molar-refractivity contribution in [3.05, 3.63) is 35.5 Å². The monoisotopic (exact) mass is 239 g/mol. The minimum Gasteiger partial charge on any atom is -0.366 e. The number of fused-ring (bicyclic) bond motifs is 1. The van der Waals surface area contributed by atoms with Crippen molar-refractivity contribution in [2.75, 3.05) is 6.54 Å². The summed E-state index contributed by atoms with van der Waals surface area (Å²) in [6.07, 6.45) is 2.71. The molecule has 5 N–H and O–H groups in total. The maximum Gasteiger partial charge on any atom is 0.248 e. The lowest BCUT2D eigenvalue weighted by Gasteiger charge is -1.98. The van der Waals surface area contributed by atoms with Gasteiger partial charge < -0.3 is 16.5 Å². The van der Waals surface area contributed by atoms with Crippen LogP contribution in [0.2, 0.25) is 0 Å². The van der Waals surface area contributed by atoms with Crippen LogP contribution in [0.4, 0.5) is 0 Å². The second kappa shape index (κ2) is 5.01. The first-order chi connectivity index (χ1) is 7.22. The fraction of sp³-hybridized carbons (Fsp3) is 0.182. The number of rotatable bonds is 3. The molecule has 0 bridgehead atoms. The molecule has 1 heterocycles. The number of benzene rings is 1. The largest absolute Gasteiger partial charge is 0.366 e. The van der Waals surface area contributed by atoms with Gasteiger partial charge in [0.05, 0.1) is 0 Å². The van der Waals surface area contributed by atoms with E-state index in [9.17, 15) is 4.79 Å². The number of aromatic nitrogens is 1. The average molecular weight is 240 g/mol. The van der Waals surface area contributed by atoms with Gasteiger partial charge in [-0.3, -0.25) is 4.79 Å². The third-order valence-electron chi connectivity index (χ3n) is 2.47. The molecule has 5 heteroatoms. The normalized spacial score (nSPS) is 10.1. The summed E-state index contributed by atoms with van der Waals surface area (Å²) in [5.74, 6) is -0.406. The summed E-state index contributed by atoms with van der Waals surface area (Å²) < 4.78 is 0. The highest BCUT2D eigenvalue weighted by Gasteiger charge is 2.06. The number of nitrogens with two attached hydrogens (primary N) is 2. The Kier molecular flexibility index (Phi) is 3.93. The summed E-state index contributed by atoms with van der Waals surface area (Å²) in [5.41, 5.74) is 13.4. The Hall–Kier alpha value is -1.52. The molecule has 16 heavy (non-hydrogen) atoms. The second-order valence-electron chi connectivity index (χ2n) is 3.48. The molecular weight excluding hydrogens is 226 g/mol. The first-order valence-corrected chi connectivity index (χ1v) is 4.82. The van der Waals surface area contributed by atoms with Crippen LogP contribution in [0, 0.1) is 0 Å². The summed E-state index contributed by atoms with van der Waals surface area (Å²) in [6, 6.07) is 5.38. The molecule has 0 saturated heterocycles. The van der Waals surface area contributed by atoms with E-state index < -0.39 is 5.91 Å². The molecule has 0 unspecified atom stereocenters. The van der Waals surface area contributed by atoms with Crippen molar-refractivity contribution in [2.24, 2.45) is 11.5 Å². The van der Waals surface area contributed by atoms with Crippen molar-refractivity contribution in [1.82, 2.24) is 4.98 Å². The summed E-state index contributed by atoms with van der Waals surface area (Å²) in [7, 11) is 0. The third-order valence-corrected chi connectivity index (χ3v) is 2.47. The zero-order valence-corrected chi connectivity index (χ0v) is 9.51. The van der Waals surface area contributed by atoms with Crippen molar-refractivity contribution in [3.8, 4) is 0 Å². The maximum absolute atomic E-state index is 11.0. The molecule has 0 atom stereocenters. The molecule has 0 fully saturated rings. The van der Waals surface area contributed by atoms with E-state index in [1.165, 1.54) is 0 Å².